The zero-order valence-electron chi connectivity index (χ0n) is 11.4. The third-order valence-corrected chi connectivity index (χ3v) is 4.03. The van der Waals surface area contributed by atoms with Crippen LogP contribution in [0.4, 0.5) is 0 Å². The fraction of sp³-hybridized carbons (Fsp3) is 0.125. The molecule has 0 atom stereocenters. The van der Waals surface area contributed by atoms with Crippen molar-refractivity contribution in [3.8, 4) is 17.1 Å². The minimum Gasteiger partial charge on any atom is -0.278 e. The van der Waals surface area contributed by atoms with E-state index in [2.05, 4.69) is 39.1 Å². The Hall–Kier alpha value is -1.65. The van der Waals surface area contributed by atoms with Crippen LogP contribution in [0.5, 0.6) is 0 Å². The molecule has 0 fully saturated rings. The lowest BCUT2D eigenvalue weighted by molar-refractivity contribution is 0.953. The summed E-state index contributed by atoms with van der Waals surface area (Å²) in [4.78, 5) is 0. The van der Waals surface area contributed by atoms with E-state index in [9.17, 15) is 0 Å². The largest absolute Gasteiger partial charge is 0.278 e. The summed E-state index contributed by atoms with van der Waals surface area (Å²) in [6, 6.07) is 16.1. The van der Waals surface area contributed by atoms with Gasteiger partial charge in [0.1, 0.15) is 0 Å². The van der Waals surface area contributed by atoms with Crippen LogP contribution in [-0.4, -0.2) is 14.8 Å². The summed E-state index contributed by atoms with van der Waals surface area (Å²) in [5.41, 5.74) is 3.19. The van der Waals surface area contributed by atoms with Crippen molar-refractivity contribution in [3.05, 3.63) is 64.4 Å². The van der Waals surface area contributed by atoms with E-state index >= 15 is 0 Å². The average molecular weight is 363 g/mol. The van der Waals surface area contributed by atoms with Crippen molar-refractivity contribution >= 4 is 27.5 Å². The van der Waals surface area contributed by atoms with Crippen LogP contribution < -0.4 is 0 Å². The number of alkyl halides is 1. The lowest BCUT2D eigenvalue weighted by Gasteiger charge is -2.11. The fourth-order valence-corrected chi connectivity index (χ4v) is 2.95. The number of aryl methyl sites for hydroxylation is 1. The molecule has 0 spiro atoms. The Balaban J connectivity index is 2.22. The van der Waals surface area contributed by atoms with Crippen LogP contribution in [0.2, 0.25) is 0 Å². The molecule has 0 aliphatic rings. The Morgan fingerprint density at radius 3 is 2.52 bits per heavy atom. The van der Waals surface area contributed by atoms with Gasteiger partial charge in [0.15, 0.2) is 11.6 Å². The summed E-state index contributed by atoms with van der Waals surface area (Å²) in [5.74, 6) is 1.86. The van der Waals surface area contributed by atoms with Gasteiger partial charge in [-0.2, -0.15) is 0 Å². The zero-order chi connectivity index (χ0) is 14.8. The fourth-order valence-electron chi connectivity index (χ4n) is 2.30. The minimum atomic E-state index is 0.317. The Bertz CT molecular complexity index is 768. The van der Waals surface area contributed by atoms with E-state index in [-0.39, 0.29) is 0 Å². The Morgan fingerprint density at radius 2 is 1.86 bits per heavy atom. The van der Waals surface area contributed by atoms with Gasteiger partial charge in [0.25, 0.3) is 0 Å². The third kappa shape index (κ3) is 2.74. The third-order valence-electron chi connectivity index (χ3n) is 3.29. The molecule has 1 aromatic heterocycles. The molecule has 3 rings (SSSR count). The lowest BCUT2D eigenvalue weighted by Crippen LogP contribution is -2.02. The second-order valence-corrected chi connectivity index (χ2v) is 5.89. The van der Waals surface area contributed by atoms with E-state index in [0.717, 1.165) is 32.9 Å². The molecule has 0 saturated carbocycles. The van der Waals surface area contributed by atoms with Gasteiger partial charge in [-0.1, -0.05) is 34.1 Å². The van der Waals surface area contributed by atoms with Gasteiger partial charge in [-0.25, -0.2) is 0 Å². The molecule has 0 N–H and O–H groups in total. The molecule has 0 radical (unpaired) electrons. The molecular formula is C16H13BrClN3. The molecule has 5 heteroatoms. The van der Waals surface area contributed by atoms with Gasteiger partial charge in [0.05, 0.1) is 5.88 Å². The second-order valence-electron chi connectivity index (χ2n) is 4.70. The second kappa shape index (κ2) is 6.00. The van der Waals surface area contributed by atoms with Crippen LogP contribution >= 0.6 is 27.5 Å². The molecule has 1 heterocycles. The van der Waals surface area contributed by atoms with Crippen molar-refractivity contribution in [2.75, 3.05) is 0 Å². The maximum Gasteiger partial charge on any atom is 0.168 e. The van der Waals surface area contributed by atoms with Gasteiger partial charge in [-0.3, -0.25) is 4.57 Å². The number of halogens is 2. The number of hydrogen-bond donors (Lipinski definition) is 0. The normalized spacial score (nSPS) is 10.8. The minimum absolute atomic E-state index is 0.317. The first-order chi connectivity index (χ1) is 10.2. The quantitative estimate of drug-likeness (QED) is 0.630. The highest BCUT2D eigenvalue weighted by atomic mass is 79.9. The Kier molecular flexibility index (Phi) is 4.08. The van der Waals surface area contributed by atoms with E-state index in [1.165, 1.54) is 0 Å². The molecule has 3 aromatic rings. The first kappa shape index (κ1) is 14.3. The van der Waals surface area contributed by atoms with Gasteiger partial charge in [0, 0.05) is 15.7 Å². The monoisotopic (exact) mass is 361 g/mol. The van der Waals surface area contributed by atoms with Crippen LogP contribution in [0.15, 0.2) is 53.0 Å². The first-order valence-electron chi connectivity index (χ1n) is 6.53. The zero-order valence-corrected chi connectivity index (χ0v) is 13.8. The van der Waals surface area contributed by atoms with Gasteiger partial charge in [0.2, 0.25) is 0 Å². The maximum atomic E-state index is 6.02. The van der Waals surface area contributed by atoms with Crippen LogP contribution in [0.25, 0.3) is 17.1 Å². The number of hydrogen-bond acceptors (Lipinski definition) is 2. The van der Waals surface area contributed by atoms with Gasteiger partial charge in [-0.05, 0) is 42.8 Å². The molecule has 106 valence electrons. The molecule has 2 aromatic carbocycles. The van der Waals surface area contributed by atoms with Crippen molar-refractivity contribution in [2.24, 2.45) is 0 Å². The van der Waals surface area contributed by atoms with Gasteiger partial charge in [-0.15, -0.1) is 21.8 Å². The standard InChI is InChI=1S/C16H13BrClN3/c1-11-9-12(17)7-8-14(11)16-20-19-15(10-18)21(16)13-5-3-2-4-6-13/h2-9H,10H2,1H3. The van der Waals surface area contributed by atoms with E-state index in [0.29, 0.717) is 5.88 Å². The van der Waals surface area contributed by atoms with Crippen LogP contribution in [0.3, 0.4) is 0 Å². The first-order valence-corrected chi connectivity index (χ1v) is 7.85. The van der Waals surface area contributed by atoms with Crippen LogP contribution in [0.1, 0.15) is 11.4 Å². The van der Waals surface area contributed by atoms with Crippen molar-refractivity contribution in [3.63, 3.8) is 0 Å². The summed E-state index contributed by atoms with van der Waals surface area (Å²) < 4.78 is 3.05. The summed E-state index contributed by atoms with van der Waals surface area (Å²) in [6.07, 6.45) is 0. The molecule has 0 aliphatic carbocycles. The number of rotatable bonds is 3. The predicted octanol–water partition coefficient (Wildman–Crippen LogP) is 4.74. The molecule has 0 unspecified atom stereocenters. The Morgan fingerprint density at radius 1 is 1.10 bits per heavy atom. The molecule has 0 bridgehead atoms. The Labute approximate surface area is 136 Å². The highest BCUT2D eigenvalue weighted by molar-refractivity contribution is 9.10. The number of benzene rings is 2. The summed E-state index contributed by atoms with van der Waals surface area (Å²) >= 11 is 9.50. The van der Waals surface area contributed by atoms with E-state index in [4.69, 9.17) is 11.6 Å². The smallest absolute Gasteiger partial charge is 0.168 e. The SMILES string of the molecule is Cc1cc(Br)ccc1-c1nnc(CCl)n1-c1ccccc1. The number of para-hydroxylation sites is 1. The molecule has 0 amide bonds. The molecule has 0 aliphatic heterocycles. The topological polar surface area (TPSA) is 30.7 Å². The average Bonchev–Trinajstić information content (AvgIpc) is 2.92. The van der Waals surface area contributed by atoms with Gasteiger partial charge >= 0.3 is 0 Å². The maximum absolute atomic E-state index is 6.02. The molecular weight excluding hydrogens is 350 g/mol. The van der Waals surface area contributed by atoms with E-state index < -0.39 is 0 Å². The van der Waals surface area contributed by atoms with Crippen molar-refractivity contribution in [1.29, 1.82) is 0 Å². The number of aromatic nitrogens is 3. The highest BCUT2D eigenvalue weighted by Gasteiger charge is 2.16. The van der Waals surface area contributed by atoms with E-state index in [1.807, 2.05) is 47.0 Å². The van der Waals surface area contributed by atoms with E-state index in [1.54, 1.807) is 0 Å². The predicted molar refractivity (Wildman–Crippen MR) is 88.8 cm³/mol. The van der Waals surface area contributed by atoms with Crippen molar-refractivity contribution in [1.82, 2.24) is 14.8 Å². The van der Waals surface area contributed by atoms with Crippen LogP contribution in [-0.2, 0) is 5.88 Å². The van der Waals surface area contributed by atoms with Crippen molar-refractivity contribution < 1.29 is 0 Å². The van der Waals surface area contributed by atoms with Crippen molar-refractivity contribution in [2.45, 2.75) is 12.8 Å². The summed E-state index contributed by atoms with van der Waals surface area (Å²) in [5, 5.41) is 8.56. The van der Waals surface area contributed by atoms with Gasteiger partial charge < -0.3 is 0 Å². The highest BCUT2D eigenvalue weighted by Crippen LogP contribution is 2.28. The number of nitrogens with zero attached hydrogens (tertiary/aromatic N) is 3. The molecule has 3 nitrogen and oxygen atoms in total. The molecule has 0 saturated heterocycles. The lowest BCUT2D eigenvalue weighted by atomic mass is 10.1. The molecule has 21 heavy (non-hydrogen) atoms. The summed E-state index contributed by atoms with van der Waals surface area (Å²) in [7, 11) is 0. The summed E-state index contributed by atoms with van der Waals surface area (Å²) in [6.45, 7) is 2.06. The van der Waals surface area contributed by atoms with Crippen LogP contribution in [0, 0.1) is 6.92 Å².